The van der Waals surface area contributed by atoms with Crippen molar-refractivity contribution in [2.75, 3.05) is 7.05 Å². The van der Waals surface area contributed by atoms with Gasteiger partial charge in [0.15, 0.2) is 0 Å². The Bertz CT molecular complexity index is 921. The van der Waals surface area contributed by atoms with Crippen LogP contribution in [-0.4, -0.2) is 12.9 Å². The van der Waals surface area contributed by atoms with Gasteiger partial charge in [-0.25, -0.2) is 0 Å². The standard InChI is InChI=1S/C20H16N2/c1-13-17-12-15-10-6-7-11-16(15)18(14-8-4-3-5-9-14)19(17)20(21-2)22-13/h3-12H,1H2,2H3,(H,21,22). The van der Waals surface area contributed by atoms with E-state index < -0.39 is 0 Å². The topological polar surface area (TPSA) is 24.4 Å². The van der Waals surface area contributed by atoms with Gasteiger partial charge in [-0.2, -0.15) is 0 Å². The van der Waals surface area contributed by atoms with Gasteiger partial charge in [0.1, 0.15) is 5.84 Å². The average Bonchev–Trinajstić information content (AvgIpc) is 2.89. The molecule has 0 atom stereocenters. The second-order valence-electron chi connectivity index (χ2n) is 5.44. The Kier molecular flexibility index (Phi) is 2.83. The smallest absolute Gasteiger partial charge is 0.133 e. The van der Waals surface area contributed by atoms with Gasteiger partial charge in [0, 0.05) is 29.4 Å². The van der Waals surface area contributed by atoms with E-state index in [0.29, 0.717) is 0 Å². The molecule has 0 aliphatic carbocycles. The van der Waals surface area contributed by atoms with Crippen LogP contribution >= 0.6 is 0 Å². The van der Waals surface area contributed by atoms with Gasteiger partial charge < -0.3 is 5.32 Å². The molecule has 1 aliphatic heterocycles. The summed E-state index contributed by atoms with van der Waals surface area (Å²) in [6.07, 6.45) is 0. The van der Waals surface area contributed by atoms with Crippen LogP contribution in [0.3, 0.4) is 0 Å². The number of nitrogens with one attached hydrogen (secondary N) is 1. The minimum atomic E-state index is 0.893. The van der Waals surface area contributed by atoms with Crippen LogP contribution in [0, 0.1) is 0 Å². The van der Waals surface area contributed by atoms with Gasteiger partial charge in [0.2, 0.25) is 0 Å². The van der Waals surface area contributed by atoms with Gasteiger partial charge in [-0.05, 0) is 22.4 Å². The zero-order valence-electron chi connectivity index (χ0n) is 12.4. The lowest BCUT2D eigenvalue weighted by Crippen LogP contribution is -2.14. The molecule has 0 bridgehead atoms. The van der Waals surface area contributed by atoms with Crippen LogP contribution in [0.4, 0.5) is 0 Å². The molecule has 3 aromatic rings. The molecule has 0 amide bonds. The van der Waals surface area contributed by atoms with Crippen molar-refractivity contribution in [1.29, 1.82) is 0 Å². The predicted octanol–water partition coefficient (Wildman–Crippen LogP) is 4.46. The molecule has 0 saturated carbocycles. The van der Waals surface area contributed by atoms with Crippen LogP contribution in [-0.2, 0) is 0 Å². The summed E-state index contributed by atoms with van der Waals surface area (Å²) in [4.78, 5) is 4.42. The number of fused-ring (bicyclic) bond motifs is 2. The van der Waals surface area contributed by atoms with Crippen molar-refractivity contribution in [2.45, 2.75) is 0 Å². The van der Waals surface area contributed by atoms with Crippen LogP contribution < -0.4 is 5.32 Å². The highest BCUT2D eigenvalue weighted by Crippen LogP contribution is 2.39. The third-order valence-electron chi connectivity index (χ3n) is 4.17. The van der Waals surface area contributed by atoms with E-state index in [-0.39, 0.29) is 0 Å². The molecular weight excluding hydrogens is 268 g/mol. The minimum Gasteiger partial charge on any atom is -0.340 e. The van der Waals surface area contributed by atoms with E-state index in [4.69, 9.17) is 0 Å². The molecule has 2 nitrogen and oxygen atoms in total. The lowest BCUT2D eigenvalue weighted by atomic mass is 9.90. The van der Waals surface area contributed by atoms with Crippen molar-refractivity contribution in [3.63, 3.8) is 0 Å². The monoisotopic (exact) mass is 284 g/mol. The van der Waals surface area contributed by atoms with Crippen LogP contribution in [0.1, 0.15) is 11.1 Å². The maximum Gasteiger partial charge on any atom is 0.133 e. The molecule has 0 fully saturated rings. The molecule has 0 unspecified atom stereocenters. The summed E-state index contributed by atoms with van der Waals surface area (Å²) in [7, 11) is 1.81. The third kappa shape index (κ3) is 1.77. The lowest BCUT2D eigenvalue weighted by Gasteiger charge is -2.13. The highest BCUT2D eigenvalue weighted by atomic mass is 15.0. The molecule has 106 valence electrons. The quantitative estimate of drug-likeness (QED) is 0.701. The number of aliphatic imine (C=N–C) groups is 1. The van der Waals surface area contributed by atoms with E-state index in [1.54, 1.807) is 0 Å². The Morgan fingerprint density at radius 3 is 2.41 bits per heavy atom. The molecule has 2 heteroatoms. The summed E-state index contributed by atoms with van der Waals surface area (Å²) >= 11 is 0. The molecule has 22 heavy (non-hydrogen) atoms. The largest absolute Gasteiger partial charge is 0.340 e. The Balaban J connectivity index is 2.20. The van der Waals surface area contributed by atoms with E-state index >= 15 is 0 Å². The minimum absolute atomic E-state index is 0.893. The fraction of sp³-hybridized carbons (Fsp3) is 0.0500. The number of rotatable bonds is 1. The molecule has 4 rings (SSSR count). The maximum absolute atomic E-state index is 4.42. The first-order chi connectivity index (χ1) is 10.8. The van der Waals surface area contributed by atoms with Crippen molar-refractivity contribution in [2.24, 2.45) is 4.99 Å². The van der Waals surface area contributed by atoms with E-state index in [1.807, 2.05) is 13.1 Å². The van der Waals surface area contributed by atoms with Gasteiger partial charge in [0.05, 0.1) is 0 Å². The molecule has 1 heterocycles. The molecule has 3 aromatic carbocycles. The summed E-state index contributed by atoms with van der Waals surface area (Å²) in [5.74, 6) is 0.893. The zero-order valence-corrected chi connectivity index (χ0v) is 12.4. The van der Waals surface area contributed by atoms with Crippen LogP contribution in [0.15, 0.2) is 72.2 Å². The number of benzene rings is 3. The summed E-state index contributed by atoms with van der Waals surface area (Å²) in [6, 6.07) is 21.2. The van der Waals surface area contributed by atoms with Gasteiger partial charge in [0.25, 0.3) is 0 Å². The number of amidine groups is 1. The second kappa shape index (κ2) is 4.85. The number of hydrogen-bond donors (Lipinski definition) is 1. The van der Waals surface area contributed by atoms with E-state index in [9.17, 15) is 0 Å². The molecule has 0 aromatic heterocycles. The highest BCUT2D eigenvalue weighted by Gasteiger charge is 2.26. The first-order valence-electron chi connectivity index (χ1n) is 7.34. The molecule has 0 radical (unpaired) electrons. The Hall–Kier alpha value is -2.87. The van der Waals surface area contributed by atoms with E-state index in [1.165, 1.54) is 21.9 Å². The maximum atomic E-state index is 4.42. The molecule has 1 aliphatic rings. The van der Waals surface area contributed by atoms with Crippen molar-refractivity contribution < 1.29 is 0 Å². The van der Waals surface area contributed by atoms with Gasteiger partial charge in [-0.15, -0.1) is 0 Å². The number of nitrogens with zero attached hydrogens (tertiary/aromatic N) is 1. The Labute approximate surface area is 129 Å². The predicted molar refractivity (Wildman–Crippen MR) is 94.0 cm³/mol. The fourth-order valence-electron chi connectivity index (χ4n) is 3.18. The normalized spacial score (nSPS) is 15.1. The first-order valence-corrected chi connectivity index (χ1v) is 7.34. The summed E-state index contributed by atoms with van der Waals surface area (Å²) in [5.41, 5.74) is 5.63. The summed E-state index contributed by atoms with van der Waals surface area (Å²) < 4.78 is 0. The van der Waals surface area contributed by atoms with Crippen molar-refractivity contribution in [1.82, 2.24) is 5.32 Å². The SMILES string of the molecule is C=C1N/C(=N\C)c2c1cc1ccccc1c2-c1ccccc1. The third-order valence-corrected chi connectivity index (χ3v) is 4.17. The Morgan fingerprint density at radius 1 is 0.909 bits per heavy atom. The zero-order chi connectivity index (χ0) is 15.1. The molecular formula is C20H16N2. The van der Waals surface area contributed by atoms with Crippen molar-refractivity contribution >= 4 is 22.3 Å². The average molecular weight is 284 g/mol. The molecule has 1 N–H and O–H groups in total. The van der Waals surface area contributed by atoms with Crippen LogP contribution in [0.2, 0.25) is 0 Å². The second-order valence-corrected chi connectivity index (χ2v) is 5.44. The van der Waals surface area contributed by atoms with Crippen LogP contribution in [0.5, 0.6) is 0 Å². The van der Waals surface area contributed by atoms with Gasteiger partial charge in [-0.1, -0.05) is 61.2 Å². The number of hydrogen-bond acceptors (Lipinski definition) is 1. The Morgan fingerprint density at radius 2 is 1.64 bits per heavy atom. The van der Waals surface area contributed by atoms with E-state index in [0.717, 1.165) is 22.7 Å². The van der Waals surface area contributed by atoms with Crippen molar-refractivity contribution in [3.8, 4) is 11.1 Å². The highest BCUT2D eigenvalue weighted by molar-refractivity contribution is 6.20. The van der Waals surface area contributed by atoms with Gasteiger partial charge >= 0.3 is 0 Å². The molecule has 0 saturated heterocycles. The molecule has 0 spiro atoms. The fourth-order valence-corrected chi connectivity index (χ4v) is 3.18. The van der Waals surface area contributed by atoms with Crippen molar-refractivity contribution in [3.05, 3.63) is 78.4 Å². The first kappa shape index (κ1) is 12.8. The van der Waals surface area contributed by atoms with Crippen LogP contribution in [0.25, 0.3) is 27.6 Å². The summed E-state index contributed by atoms with van der Waals surface area (Å²) in [6.45, 7) is 4.14. The van der Waals surface area contributed by atoms with Gasteiger partial charge in [-0.3, -0.25) is 4.99 Å². The van der Waals surface area contributed by atoms with E-state index in [2.05, 4.69) is 71.5 Å². The lowest BCUT2D eigenvalue weighted by molar-refractivity contribution is 1.30. The summed E-state index contributed by atoms with van der Waals surface area (Å²) in [5, 5.41) is 5.77.